The Morgan fingerprint density at radius 3 is 2.72 bits per heavy atom. The summed E-state index contributed by atoms with van der Waals surface area (Å²) in [5, 5.41) is 7.87. The summed E-state index contributed by atoms with van der Waals surface area (Å²) in [6, 6.07) is 12.0. The van der Waals surface area contributed by atoms with E-state index < -0.39 is 5.91 Å². The van der Waals surface area contributed by atoms with Crippen molar-refractivity contribution in [1.29, 1.82) is 0 Å². The van der Waals surface area contributed by atoms with Crippen LogP contribution in [0, 0.1) is 0 Å². The van der Waals surface area contributed by atoms with Crippen LogP contribution in [0.5, 0.6) is 5.75 Å². The molecule has 3 N–H and O–H groups in total. The largest absolute Gasteiger partial charge is 0.495 e. The summed E-state index contributed by atoms with van der Waals surface area (Å²) in [4.78, 5) is 12.6. The number of nitrogens with zero attached hydrogens (tertiary/aromatic N) is 2. The lowest BCUT2D eigenvalue weighted by molar-refractivity contribution is 0.102. The first-order valence-electron chi connectivity index (χ1n) is 7.24. The van der Waals surface area contributed by atoms with Gasteiger partial charge < -0.3 is 15.8 Å². The summed E-state index contributed by atoms with van der Waals surface area (Å²) >= 11 is 12.1. The zero-order valence-electron chi connectivity index (χ0n) is 13.2. The maximum Gasteiger partial charge on any atom is 0.261 e. The molecule has 0 spiro atoms. The number of methoxy groups -OCH3 is 1. The molecule has 0 radical (unpaired) electrons. The average molecular weight is 377 g/mol. The van der Waals surface area contributed by atoms with Crippen LogP contribution in [0.25, 0.3) is 5.69 Å². The van der Waals surface area contributed by atoms with Crippen molar-refractivity contribution >= 4 is 40.6 Å². The number of carbonyl (C=O) groups excluding carboxylic acids is 1. The SMILES string of the molecule is COc1cc(Cl)ccc1NC(=O)c1cnn(-c2ccccc2Cl)c1N. The third-order valence-corrected chi connectivity index (χ3v) is 4.10. The van der Waals surface area contributed by atoms with E-state index in [1.807, 2.05) is 0 Å². The number of aromatic nitrogens is 2. The van der Waals surface area contributed by atoms with Gasteiger partial charge in [-0.05, 0) is 24.3 Å². The Morgan fingerprint density at radius 2 is 2.00 bits per heavy atom. The number of anilines is 2. The smallest absolute Gasteiger partial charge is 0.261 e. The van der Waals surface area contributed by atoms with Crippen molar-refractivity contribution < 1.29 is 9.53 Å². The Kier molecular flexibility index (Phi) is 4.83. The summed E-state index contributed by atoms with van der Waals surface area (Å²) in [7, 11) is 1.49. The molecular formula is C17H14Cl2N4O2. The number of rotatable bonds is 4. The van der Waals surface area contributed by atoms with Gasteiger partial charge in [-0.2, -0.15) is 5.10 Å². The van der Waals surface area contributed by atoms with E-state index in [4.69, 9.17) is 33.7 Å². The van der Waals surface area contributed by atoms with Gasteiger partial charge in [-0.3, -0.25) is 4.79 Å². The number of nitrogen functional groups attached to an aromatic ring is 1. The fraction of sp³-hybridized carbons (Fsp3) is 0.0588. The molecule has 0 saturated heterocycles. The fourth-order valence-electron chi connectivity index (χ4n) is 2.31. The van der Waals surface area contributed by atoms with Crippen LogP contribution in [0.4, 0.5) is 11.5 Å². The molecule has 0 aliphatic heterocycles. The Bertz CT molecular complexity index is 940. The van der Waals surface area contributed by atoms with Gasteiger partial charge in [0.1, 0.15) is 17.1 Å². The highest BCUT2D eigenvalue weighted by Gasteiger charge is 2.18. The van der Waals surface area contributed by atoms with Crippen LogP contribution in [0.2, 0.25) is 10.0 Å². The number of amides is 1. The second kappa shape index (κ2) is 7.04. The van der Waals surface area contributed by atoms with Gasteiger partial charge in [0.2, 0.25) is 0 Å². The van der Waals surface area contributed by atoms with Crippen molar-refractivity contribution in [2.45, 2.75) is 0 Å². The second-order valence-corrected chi connectivity index (χ2v) is 5.95. The third kappa shape index (κ3) is 3.40. The van der Waals surface area contributed by atoms with Crippen LogP contribution >= 0.6 is 23.2 Å². The maximum absolute atomic E-state index is 12.6. The van der Waals surface area contributed by atoms with Crippen LogP contribution < -0.4 is 15.8 Å². The summed E-state index contributed by atoms with van der Waals surface area (Å²) in [6.07, 6.45) is 1.39. The molecule has 2 aromatic carbocycles. The number of hydrogen-bond donors (Lipinski definition) is 2. The van der Waals surface area contributed by atoms with Crippen molar-refractivity contribution in [3.8, 4) is 11.4 Å². The standard InChI is InChI=1S/C17H14Cl2N4O2/c1-25-15-8-10(18)6-7-13(15)22-17(24)11-9-21-23(16(11)20)14-5-3-2-4-12(14)19/h2-9H,20H2,1H3,(H,22,24). The first kappa shape index (κ1) is 17.1. The van der Waals surface area contributed by atoms with Crippen LogP contribution in [0.15, 0.2) is 48.7 Å². The fourth-order valence-corrected chi connectivity index (χ4v) is 2.68. The molecule has 8 heteroatoms. The highest BCUT2D eigenvalue weighted by molar-refractivity contribution is 6.32. The van der Waals surface area contributed by atoms with Crippen molar-refractivity contribution in [3.05, 3.63) is 64.3 Å². The zero-order valence-corrected chi connectivity index (χ0v) is 14.7. The van der Waals surface area contributed by atoms with Crippen LogP contribution in [0.3, 0.4) is 0 Å². The Balaban J connectivity index is 1.91. The van der Waals surface area contributed by atoms with Crippen molar-refractivity contribution in [3.63, 3.8) is 0 Å². The van der Waals surface area contributed by atoms with Gasteiger partial charge in [0.25, 0.3) is 5.91 Å². The number of para-hydroxylation sites is 1. The molecule has 0 atom stereocenters. The minimum atomic E-state index is -0.420. The molecule has 0 aliphatic carbocycles. The topological polar surface area (TPSA) is 82.2 Å². The molecule has 0 unspecified atom stereocenters. The van der Waals surface area contributed by atoms with Gasteiger partial charge in [-0.25, -0.2) is 4.68 Å². The highest BCUT2D eigenvalue weighted by Crippen LogP contribution is 2.29. The Morgan fingerprint density at radius 1 is 1.24 bits per heavy atom. The lowest BCUT2D eigenvalue weighted by atomic mass is 10.2. The van der Waals surface area contributed by atoms with E-state index in [2.05, 4.69) is 10.4 Å². The number of halogens is 2. The molecule has 0 bridgehead atoms. The quantitative estimate of drug-likeness (QED) is 0.720. The molecule has 1 heterocycles. The number of carbonyl (C=O) groups is 1. The maximum atomic E-state index is 12.6. The molecule has 0 aliphatic rings. The Hall–Kier alpha value is -2.70. The van der Waals surface area contributed by atoms with E-state index in [1.54, 1.807) is 42.5 Å². The molecular weight excluding hydrogens is 363 g/mol. The lowest BCUT2D eigenvalue weighted by Gasteiger charge is -2.10. The molecule has 0 saturated carbocycles. The molecule has 1 aromatic heterocycles. The van der Waals surface area contributed by atoms with Crippen molar-refractivity contribution in [2.75, 3.05) is 18.2 Å². The Labute approximate surface area is 154 Å². The highest BCUT2D eigenvalue weighted by atomic mass is 35.5. The minimum absolute atomic E-state index is 0.179. The van der Waals surface area contributed by atoms with Crippen LogP contribution in [-0.4, -0.2) is 22.8 Å². The lowest BCUT2D eigenvalue weighted by Crippen LogP contribution is -2.14. The van der Waals surface area contributed by atoms with E-state index >= 15 is 0 Å². The summed E-state index contributed by atoms with van der Waals surface area (Å²) in [5.41, 5.74) is 7.36. The summed E-state index contributed by atoms with van der Waals surface area (Å²) in [5.74, 6) is 0.202. The van der Waals surface area contributed by atoms with Crippen LogP contribution in [-0.2, 0) is 0 Å². The normalized spacial score (nSPS) is 10.5. The van der Waals surface area contributed by atoms with Gasteiger partial charge in [0, 0.05) is 11.1 Å². The monoisotopic (exact) mass is 376 g/mol. The molecule has 3 rings (SSSR count). The van der Waals surface area contributed by atoms with E-state index in [1.165, 1.54) is 18.0 Å². The van der Waals surface area contributed by atoms with E-state index in [0.29, 0.717) is 27.2 Å². The van der Waals surface area contributed by atoms with Gasteiger partial charge in [0.05, 0.1) is 29.7 Å². The molecule has 128 valence electrons. The molecule has 0 fully saturated rings. The van der Waals surface area contributed by atoms with Crippen LogP contribution in [0.1, 0.15) is 10.4 Å². The molecule has 1 amide bonds. The second-order valence-electron chi connectivity index (χ2n) is 5.11. The summed E-state index contributed by atoms with van der Waals surface area (Å²) < 4.78 is 6.63. The minimum Gasteiger partial charge on any atom is -0.495 e. The van der Waals surface area contributed by atoms with Gasteiger partial charge in [-0.15, -0.1) is 0 Å². The number of ether oxygens (including phenoxy) is 1. The van der Waals surface area contributed by atoms with Crippen molar-refractivity contribution in [1.82, 2.24) is 9.78 Å². The third-order valence-electron chi connectivity index (χ3n) is 3.54. The van der Waals surface area contributed by atoms with Gasteiger partial charge in [0.15, 0.2) is 0 Å². The zero-order chi connectivity index (χ0) is 18.0. The molecule has 6 nitrogen and oxygen atoms in total. The van der Waals surface area contributed by atoms with Gasteiger partial charge in [-0.1, -0.05) is 35.3 Å². The molecule has 3 aromatic rings. The number of nitrogens with one attached hydrogen (secondary N) is 1. The summed E-state index contributed by atoms with van der Waals surface area (Å²) in [6.45, 7) is 0. The number of benzene rings is 2. The number of hydrogen-bond acceptors (Lipinski definition) is 4. The van der Waals surface area contributed by atoms with Crippen molar-refractivity contribution in [2.24, 2.45) is 0 Å². The predicted octanol–water partition coefficient (Wildman–Crippen LogP) is 4.02. The predicted molar refractivity (Wildman–Crippen MR) is 98.9 cm³/mol. The van der Waals surface area contributed by atoms with E-state index in [0.717, 1.165) is 0 Å². The number of nitrogens with two attached hydrogens (primary N) is 1. The van der Waals surface area contributed by atoms with Gasteiger partial charge >= 0.3 is 0 Å². The first-order chi connectivity index (χ1) is 12.0. The average Bonchev–Trinajstić information content (AvgIpc) is 2.98. The first-order valence-corrected chi connectivity index (χ1v) is 8.00. The molecule has 25 heavy (non-hydrogen) atoms. The van der Waals surface area contributed by atoms with E-state index in [-0.39, 0.29) is 11.4 Å². The van der Waals surface area contributed by atoms with E-state index in [9.17, 15) is 4.79 Å².